The molecule has 0 N–H and O–H groups in total. The highest BCUT2D eigenvalue weighted by molar-refractivity contribution is 5.29. The smallest absolute Gasteiger partial charge is 0.154 e. The van der Waals surface area contributed by atoms with Gasteiger partial charge in [-0.25, -0.2) is 4.68 Å². The molecule has 3 heterocycles. The summed E-state index contributed by atoms with van der Waals surface area (Å²) >= 11 is 0. The van der Waals surface area contributed by atoms with E-state index in [0.717, 1.165) is 48.8 Å². The number of likely N-dealkylation sites (tertiary alicyclic amines) is 1. The lowest BCUT2D eigenvalue weighted by molar-refractivity contribution is 0.204. The van der Waals surface area contributed by atoms with Crippen LogP contribution < -0.4 is 0 Å². The van der Waals surface area contributed by atoms with Crippen LogP contribution in [0.3, 0.4) is 0 Å². The summed E-state index contributed by atoms with van der Waals surface area (Å²) in [6, 6.07) is 12.4. The highest BCUT2D eigenvalue weighted by Crippen LogP contribution is 2.33. The van der Waals surface area contributed by atoms with Crippen LogP contribution in [-0.4, -0.2) is 31.6 Å². The second-order valence-corrected chi connectivity index (χ2v) is 5.99. The van der Waals surface area contributed by atoms with E-state index in [1.165, 1.54) is 0 Å². The van der Waals surface area contributed by atoms with Crippen LogP contribution in [0.1, 0.15) is 36.0 Å². The largest absolute Gasteiger partial charge is 0.359 e. The Hall–Kier alpha value is -2.47. The summed E-state index contributed by atoms with van der Waals surface area (Å²) in [6.07, 6.45) is 4.26. The minimum absolute atomic E-state index is 0.290. The molecular weight excluding hydrogens is 290 g/mol. The summed E-state index contributed by atoms with van der Waals surface area (Å²) in [5.41, 5.74) is 2.92. The highest BCUT2D eigenvalue weighted by Gasteiger charge is 2.29. The molecule has 2 aromatic heterocycles. The van der Waals surface area contributed by atoms with Crippen molar-refractivity contribution in [1.29, 1.82) is 0 Å². The lowest BCUT2D eigenvalue weighted by Crippen LogP contribution is -2.22. The molecule has 0 bridgehead atoms. The van der Waals surface area contributed by atoms with Gasteiger partial charge >= 0.3 is 0 Å². The minimum atomic E-state index is 0.290. The lowest BCUT2D eigenvalue weighted by atomic mass is 10.1. The third kappa shape index (κ3) is 2.90. The van der Waals surface area contributed by atoms with Crippen molar-refractivity contribution in [2.75, 3.05) is 6.54 Å². The van der Waals surface area contributed by atoms with Crippen molar-refractivity contribution in [3.63, 3.8) is 0 Å². The number of para-hydroxylation sites is 1. The van der Waals surface area contributed by atoms with Crippen LogP contribution in [0.15, 0.2) is 47.1 Å². The van der Waals surface area contributed by atoms with Gasteiger partial charge in [0.15, 0.2) is 5.76 Å². The molecule has 0 radical (unpaired) electrons. The summed E-state index contributed by atoms with van der Waals surface area (Å²) in [7, 11) is 0. The molecule has 0 amide bonds. The third-order valence-corrected chi connectivity index (χ3v) is 4.26. The van der Waals surface area contributed by atoms with Crippen LogP contribution in [0.4, 0.5) is 0 Å². The molecule has 118 valence electrons. The van der Waals surface area contributed by atoms with Crippen molar-refractivity contribution >= 4 is 0 Å². The molecule has 0 saturated carbocycles. The summed E-state index contributed by atoms with van der Waals surface area (Å²) in [5, 5.41) is 12.6. The summed E-state index contributed by atoms with van der Waals surface area (Å²) in [4.78, 5) is 2.39. The molecule has 6 nitrogen and oxygen atoms in total. The zero-order chi connectivity index (χ0) is 15.6. The molecule has 1 atom stereocenters. The van der Waals surface area contributed by atoms with Crippen LogP contribution in [-0.2, 0) is 6.54 Å². The van der Waals surface area contributed by atoms with Crippen molar-refractivity contribution in [2.45, 2.75) is 32.4 Å². The Kier molecular flexibility index (Phi) is 3.67. The molecule has 1 aliphatic rings. The average Bonchev–Trinajstić information content (AvgIpc) is 3.29. The molecule has 1 saturated heterocycles. The van der Waals surface area contributed by atoms with Gasteiger partial charge in [-0.15, -0.1) is 5.10 Å². The second kappa shape index (κ2) is 5.96. The number of nitrogens with zero attached hydrogens (tertiary/aromatic N) is 5. The average molecular weight is 309 g/mol. The maximum atomic E-state index is 5.46. The normalized spacial score (nSPS) is 18.6. The van der Waals surface area contributed by atoms with E-state index >= 15 is 0 Å². The fraction of sp³-hybridized carbons (Fsp3) is 0.353. The Labute approximate surface area is 134 Å². The van der Waals surface area contributed by atoms with Gasteiger partial charge in [-0.3, -0.25) is 4.90 Å². The van der Waals surface area contributed by atoms with Crippen molar-refractivity contribution in [1.82, 2.24) is 25.1 Å². The molecule has 1 fully saturated rings. The first kappa shape index (κ1) is 14.1. The Bertz CT molecular complexity index is 779. The molecule has 6 heteroatoms. The summed E-state index contributed by atoms with van der Waals surface area (Å²) in [5.74, 6) is 0.954. The van der Waals surface area contributed by atoms with E-state index in [-0.39, 0.29) is 6.04 Å². The number of aromatic nitrogens is 4. The Balaban J connectivity index is 1.50. The van der Waals surface area contributed by atoms with Gasteiger partial charge in [0.25, 0.3) is 0 Å². The quantitative estimate of drug-likeness (QED) is 0.741. The lowest BCUT2D eigenvalue weighted by Gasteiger charge is -2.20. The molecule has 0 aliphatic carbocycles. The van der Waals surface area contributed by atoms with Gasteiger partial charge in [-0.05, 0) is 38.4 Å². The van der Waals surface area contributed by atoms with E-state index in [0.29, 0.717) is 0 Å². The summed E-state index contributed by atoms with van der Waals surface area (Å²) in [6.45, 7) is 3.78. The first-order valence-electron chi connectivity index (χ1n) is 7.93. The van der Waals surface area contributed by atoms with Crippen LogP contribution in [0, 0.1) is 6.92 Å². The predicted octanol–water partition coefficient (Wildman–Crippen LogP) is 2.90. The topological polar surface area (TPSA) is 60.0 Å². The maximum Gasteiger partial charge on any atom is 0.154 e. The first-order valence-corrected chi connectivity index (χ1v) is 7.93. The molecule has 1 aromatic carbocycles. The van der Waals surface area contributed by atoms with E-state index in [1.807, 2.05) is 54.2 Å². The third-order valence-electron chi connectivity index (χ3n) is 4.26. The fourth-order valence-electron chi connectivity index (χ4n) is 3.16. The number of hydrogen-bond donors (Lipinski definition) is 0. The standard InChI is InChI=1S/C17H19N5O/c1-13-10-17(23-19-13)16-8-5-9-21(16)11-14-12-22(20-18-14)15-6-3-2-4-7-15/h2-4,6-7,10,12,16H,5,8-9,11H2,1H3. The van der Waals surface area contributed by atoms with Gasteiger partial charge in [0.2, 0.25) is 0 Å². The van der Waals surface area contributed by atoms with Crippen LogP contribution in [0.5, 0.6) is 0 Å². The maximum absolute atomic E-state index is 5.46. The van der Waals surface area contributed by atoms with Crippen molar-refractivity contribution in [3.05, 3.63) is 59.7 Å². The van der Waals surface area contributed by atoms with Gasteiger partial charge in [0, 0.05) is 12.6 Å². The SMILES string of the molecule is Cc1cc(C2CCCN2Cc2cn(-c3ccccc3)nn2)on1. The molecule has 3 aromatic rings. The number of benzene rings is 1. The van der Waals surface area contributed by atoms with Gasteiger partial charge in [-0.1, -0.05) is 28.6 Å². The van der Waals surface area contributed by atoms with E-state index in [2.05, 4.69) is 20.4 Å². The van der Waals surface area contributed by atoms with Gasteiger partial charge in [0.1, 0.15) is 0 Å². The highest BCUT2D eigenvalue weighted by atomic mass is 16.5. The van der Waals surface area contributed by atoms with Crippen LogP contribution >= 0.6 is 0 Å². The molecular formula is C17H19N5O. The minimum Gasteiger partial charge on any atom is -0.359 e. The van der Waals surface area contributed by atoms with Crippen LogP contribution in [0.2, 0.25) is 0 Å². The zero-order valence-electron chi connectivity index (χ0n) is 13.1. The fourth-order valence-corrected chi connectivity index (χ4v) is 3.16. The van der Waals surface area contributed by atoms with E-state index < -0.39 is 0 Å². The second-order valence-electron chi connectivity index (χ2n) is 5.99. The number of aryl methyl sites for hydroxylation is 1. The van der Waals surface area contributed by atoms with Gasteiger partial charge in [0.05, 0.1) is 29.3 Å². The summed E-state index contributed by atoms with van der Waals surface area (Å²) < 4.78 is 7.28. The number of hydrogen-bond acceptors (Lipinski definition) is 5. The molecule has 1 unspecified atom stereocenters. The van der Waals surface area contributed by atoms with Gasteiger partial charge < -0.3 is 4.52 Å². The van der Waals surface area contributed by atoms with E-state index in [4.69, 9.17) is 4.52 Å². The molecule has 23 heavy (non-hydrogen) atoms. The van der Waals surface area contributed by atoms with Crippen molar-refractivity contribution in [3.8, 4) is 5.69 Å². The Morgan fingerprint density at radius 3 is 2.91 bits per heavy atom. The molecule has 0 spiro atoms. The predicted molar refractivity (Wildman–Crippen MR) is 85.0 cm³/mol. The van der Waals surface area contributed by atoms with E-state index in [9.17, 15) is 0 Å². The number of rotatable bonds is 4. The van der Waals surface area contributed by atoms with E-state index in [1.54, 1.807) is 0 Å². The zero-order valence-corrected chi connectivity index (χ0v) is 13.1. The van der Waals surface area contributed by atoms with Crippen molar-refractivity contribution in [2.24, 2.45) is 0 Å². The Morgan fingerprint density at radius 2 is 2.13 bits per heavy atom. The monoisotopic (exact) mass is 309 g/mol. The first-order chi connectivity index (χ1) is 11.3. The molecule has 4 rings (SSSR count). The van der Waals surface area contributed by atoms with Gasteiger partial charge in [-0.2, -0.15) is 0 Å². The Morgan fingerprint density at radius 1 is 1.26 bits per heavy atom. The van der Waals surface area contributed by atoms with Crippen molar-refractivity contribution < 1.29 is 4.52 Å². The molecule has 1 aliphatic heterocycles. The van der Waals surface area contributed by atoms with Crippen LogP contribution in [0.25, 0.3) is 5.69 Å².